The van der Waals surface area contributed by atoms with E-state index in [1.165, 1.54) is 6.26 Å². The van der Waals surface area contributed by atoms with Crippen LogP contribution in [0.25, 0.3) is 0 Å². The van der Waals surface area contributed by atoms with E-state index in [4.69, 9.17) is 4.42 Å². The molecule has 0 radical (unpaired) electrons. The van der Waals surface area contributed by atoms with Gasteiger partial charge in [0.1, 0.15) is 11.9 Å². The van der Waals surface area contributed by atoms with Gasteiger partial charge < -0.3 is 19.7 Å². The zero-order valence-corrected chi connectivity index (χ0v) is 9.06. The van der Waals surface area contributed by atoms with Crippen LogP contribution < -0.4 is 5.32 Å². The Morgan fingerprint density at radius 1 is 1.56 bits per heavy atom. The van der Waals surface area contributed by atoms with Crippen LogP contribution in [-0.2, 0) is 11.2 Å². The smallest absolute Gasteiger partial charge is 0.251 e. The first kappa shape index (κ1) is 11.2. The third-order valence-corrected chi connectivity index (χ3v) is 2.69. The maximum atomic E-state index is 11.8. The summed E-state index contributed by atoms with van der Waals surface area (Å²) in [5, 5.41) is 12.9. The molecule has 0 bridgehead atoms. The van der Waals surface area contributed by atoms with Crippen molar-refractivity contribution in [1.82, 2.24) is 10.2 Å². The first-order valence-corrected chi connectivity index (χ1v) is 5.47. The molecular weight excluding hydrogens is 208 g/mol. The number of nitrogens with zero attached hydrogens (tertiary/aromatic N) is 1. The molecule has 0 saturated carbocycles. The Hall–Kier alpha value is -1.33. The van der Waals surface area contributed by atoms with E-state index in [1.807, 2.05) is 0 Å². The zero-order chi connectivity index (χ0) is 11.4. The average molecular weight is 224 g/mol. The fourth-order valence-electron chi connectivity index (χ4n) is 1.80. The standard InChI is InChI=1S/C11H16N2O3/c14-10(8-9-2-1-7-16-9)11(15)13-5-3-12-4-6-13/h1-2,7,10,12,14H,3-6,8H2. The van der Waals surface area contributed by atoms with Crippen molar-refractivity contribution in [3.05, 3.63) is 24.2 Å². The van der Waals surface area contributed by atoms with Crippen LogP contribution in [0.2, 0.25) is 0 Å². The second-order valence-electron chi connectivity index (χ2n) is 3.87. The predicted octanol–water partition coefficient (Wildman–Crippen LogP) is -0.385. The number of amides is 1. The normalized spacial score (nSPS) is 18.4. The highest BCUT2D eigenvalue weighted by Crippen LogP contribution is 2.07. The second kappa shape index (κ2) is 5.14. The maximum Gasteiger partial charge on any atom is 0.251 e. The summed E-state index contributed by atoms with van der Waals surface area (Å²) in [6.07, 6.45) is 0.789. The van der Waals surface area contributed by atoms with Crippen molar-refractivity contribution in [1.29, 1.82) is 0 Å². The summed E-state index contributed by atoms with van der Waals surface area (Å²) in [4.78, 5) is 13.5. The van der Waals surface area contributed by atoms with Gasteiger partial charge in [0, 0.05) is 32.6 Å². The number of hydrogen-bond acceptors (Lipinski definition) is 4. The van der Waals surface area contributed by atoms with Crippen molar-refractivity contribution < 1.29 is 14.3 Å². The summed E-state index contributed by atoms with van der Waals surface area (Å²) in [5.74, 6) is 0.425. The van der Waals surface area contributed by atoms with Crippen LogP contribution >= 0.6 is 0 Å². The lowest BCUT2D eigenvalue weighted by molar-refractivity contribution is -0.140. The Morgan fingerprint density at radius 2 is 2.31 bits per heavy atom. The molecule has 0 aliphatic carbocycles. The molecule has 2 heterocycles. The van der Waals surface area contributed by atoms with Crippen molar-refractivity contribution in [2.75, 3.05) is 26.2 Å². The molecule has 1 atom stereocenters. The minimum atomic E-state index is -0.996. The molecule has 2 N–H and O–H groups in total. The summed E-state index contributed by atoms with van der Waals surface area (Å²) in [5.41, 5.74) is 0. The fraction of sp³-hybridized carbons (Fsp3) is 0.545. The Balaban J connectivity index is 1.88. The lowest BCUT2D eigenvalue weighted by atomic mass is 10.2. The van der Waals surface area contributed by atoms with Gasteiger partial charge >= 0.3 is 0 Å². The van der Waals surface area contributed by atoms with Gasteiger partial charge in [-0.15, -0.1) is 0 Å². The Morgan fingerprint density at radius 3 is 2.94 bits per heavy atom. The van der Waals surface area contributed by atoms with Gasteiger partial charge in [0.05, 0.1) is 6.26 Å². The average Bonchev–Trinajstić information content (AvgIpc) is 2.82. The molecule has 5 nitrogen and oxygen atoms in total. The SMILES string of the molecule is O=C(C(O)Cc1ccco1)N1CCNCC1. The third kappa shape index (κ3) is 2.62. The molecule has 16 heavy (non-hydrogen) atoms. The Kier molecular flexibility index (Phi) is 3.58. The largest absolute Gasteiger partial charge is 0.469 e. The lowest BCUT2D eigenvalue weighted by Crippen LogP contribution is -2.50. The first-order chi connectivity index (χ1) is 7.77. The van der Waals surface area contributed by atoms with Gasteiger partial charge in [-0.05, 0) is 12.1 Å². The van der Waals surface area contributed by atoms with Gasteiger partial charge in [-0.25, -0.2) is 0 Å². The highest BCUT2D eigenvalue weighted by molar-refractivity contribution is 5.81. The maximum absolute atomic E-state index is 11.8. The van der Waals surface area contributed by atoms with E-state index in [9.17, 15) is 9.90 Å². The van der Waals surface area contributed by atoms with Crippen molar-refractivity contribution in [3.63, 3.8) is 0 Å². The summed E-state index contributed by atoms with van der Waals surface area (Å²) in [7, 11) is 0. The van der Waals surface area contributed by atoms with Gasteiger partial charge in [-0.1, -0.05) is 0 Å². The first-order valence-electron chi connectivity index (χ1n) is 5.47. The van der Waals surface area contributed by atoms with E-state index in [0.29, 0.717) is 18.8 Å². The van der Waals surface area contributed by atoms with Crippen molar-refractivity contribution in [2.45, 2.75) is 12.5 Å². The highest BCUT2D eigenvalue weighted by atomic mass is 16.3. The molecule has 1 aliphatic heterocycles. The zero-order valence-electron chi connectivity index (χ0n) is 9.06. The van der Waals surface area contributed by atoms with Gasteiger partial charge in [-0.2, -0.15) is 0 Å². The molecule has 1 saturated heterocycles. The molecule has 1 unspecified atom stereocenters. The van der Waals surface area contributed by atoms with E-state index in [2.05, 4.69) is 5.32 Å². The van der Waals surface area contributed by atoms with E-state index < -0.39 is 6.10 Å². The molecule has 5 heteroatoms. The molecule has 1 aromatic rings. The summed E-state index contributed by atoms with van der Waals surface area (Å²) >= 11 is 0. The van der Waals surface area contributed by atoms with Crippen LogP contribution in [0.3, 0.4) is 0 Å². The number of rotatable bonds is 3. The molecule has 1 amide bonds. The number of aliphatic hydroxyl groups is 1. The Labute approximate surface area is 94.0 Å². The second-order valence-corrected chi connectivity index (χ2v) is 3.87. The van der Waals surface area contributed by atoms with E-state index in [0.717, 1.165) is 13.1 Å². The molecule has 2 rings (SSSR count). The van der Waals surface area contributed by atoms with Crippen LogP contribution in [0.4, 0.5) is 0 Å². The number of carbonyl (C=O) groups is 1. The monoisotopic (exact) mass is 224 g/mol. The minimum absolute atomic E-state index is 0.210. The van der Waals surface area contributed by atoms with Gasteiger partial charge in [-0.3, -0.25) is 4.79 Å². The summed E-state index contributed by atoms with van der Waals surface area (Å²) in [6.45, 7) is 2.90. The number of nitrogens with one attached hydrogen (secondary N) is 1. The third-order valence-electron chi connectivity index (χ3n) is 2.69. The summed E-state index contributed by atoms with van der Waals surface area (Å²) < 4.78 is 5.10. The number of carbonyl (C=O) groups excluding carboxylic acids is 1. The molecule has 1 aromatic heterocycles. The van der Waals surface area contributed by atoms with Crippen molar-refractivity contribution in [2.24, 2.45) is 0 Å². The van der Waals surface area contributed by atoms with Gasteiger partial charge in [0.2, 0.25) is 0 Å². The minimum Gasteiger partial charge on any atom is -0.469 e. The predicted molar refractivity (Wildman–Crippen MR) is 57.9 cm³/mol. The lowest BCUT2D eigenvalue weighted by Gasteiger charge is -2.29. The van der Waals surface area contributed by atoms with Crippen LogP contribution in [-0.4, -0.2) is 48.2 Å². The molecule has 1 aliphatic rings. The van der Waals surface area contributed by atoms with Crippen LogP contribution in [0.15, 0.2) is 22.8 Å². The molecule has 0 spiro atoms. The number of piperazine rings is 1. The van der Waals surface area contributed by atoms with Crippen molar-refractivity contribution in [3.8, 4) is 0 Å². The highest BCUT2D eigenvalue weighted by Gasteiger charge is 2.24. The number of aliphatic hydroxyl groups excluding tert-OH is 1. The topological polar surface area (TPSA) is 65.7 Å². The Bertz CT molecular complexity index is 331. The molecule has 1 fully saturated rings. The van der Waals surface area contributed by atoms with E-state index in [-0.39, 0.29) is 12.3 Å². The molecular formula is C11H16N2O3. The van der Waals surface area contributed by atoms with Crippen LogP contribution in [0.5, 0.6) is 0 Å². The van der Waals surface area contributed by atoms with Crippen LogP contribution in [0.1, 0.15) is 5.76 Å². The van der Waals surface area contributed by atoms with Crippen molar-refractivity contribution >= 4 is 5.91 Å². The van der Waals surface area contributed by atoms with Gasteiger partial charge in [0.15, 0.2) is 0 Å². The molecule has 88 valence electrons. The van der Waals surface area contributed by atoms with E-state index >= 15 is 0 Å². The summed E-state index contributed by atoms with van der Waals surface area (Å²) in [6, 6.07) is 3.51. The quantitative estimate of drug-likeness (QED) is 0.734. The number of furan rings is 1. The van der Waals surface area contributed by atoms with Gasteiger partial charge in [0.25, 0.3) is 5.91 Å². The van der Waals surface area contributed by atoms with E-state index in [1.54, 1.807) is 17.0 Å². The number of hydrogen-bond donors (Lipinski definition) is 2. The fourth-order valence-corrected chi connectivity index (χ4v) is 1.80. The molecule has 0 aromatic carbocycles. The van der Waals surface area contributed by atoms with Crippen LogP contribution in [0, 0.1) is 0 Å².